The molecule has 2 fully saturated rings. The third-order valence-corrected chi connectivity index (χ3v) is 5.95. The maximum Gasteiger partial charge on any atom is 0.410 e. The minimum absolute atomic E-state index is 0.0239. The minimum atomic E-state index is -0.655. The topological polar surface area (TPSA) is 48.0 Å². The molecule has 2 rings (SSSR count). The molecule has 0 aromatic rings. The first-order chi connectivity index (χ1) is 12.3. The second kappa shape index (κ2) is 7.55. The first-order valence-corrected chi connectivity index (χ1v) is 10.6. The number of piperidine rings is 1. The van der Waals surface area contributed by atoms with Crippen LogP contribution in [0.25, 0.3) is 0 Å². The van der Waals surface area contributed by atoms with E-state index in [9.17, 15) is 4.79 Å². The highest BCUT2D eigenvalue weighted by molar-refractivity contribution is 5.70. The molecule has 0 aromatic carbocycles. The maximum absolute atomic E-state index is 12.9. The Bertz CT molecular complexity index is 520. The highest BCUT2D eigenvalue weighted by Gasteiger charge is 2.59. The average Bonchev–Trinajstić information content (AvgIpc) is 2.47. The van der Waals surface area contributed by atoms with E-state index in [-0.39, 0.29) is 17.6 Å². The Morgan fingerprint density at radius 3 is 2.15 bits per heavy atom. The molecule has 0 aromatic heterocycles. The molecule has 5 nitrogen and oxygen atoms in total. The fourth-order valence-electron chi connectivity index (χ4n) is 5.27. The molecule has 1 atom stereocenters. The van der Waals surface area contributed by atoms with Gasteiger partial charge in [-0.05, 0) is 40.0 Å². The number of likely N-dealkylation sites (tertiary alicyclic amines) is 1. The molecule has 27 heavy (non-hydrogen) atoms. The highest BCUT2D eigenvalue weighted by atomic mass is 16.7. The predicted molar refractivity (Wildman–Crippen MR) is 108 cm³/mol. The third kappa shape index (κ3) is 4.61. The Hall–Kier alpha value is -0.810. The maximum atomic E-state index is 12.9. The van der Waals surface area contributed by atoms with Gasteiger partial charge in [-0.25, -0.2) is 4.79 Å². The van der Waals surface area contributed by atoms with Crippen LogP contribution in [0.5, 0.6) is 0 Å². The lowest BCUT2D eigenvalue weighted by molar-refractivity contribution is -0.366. The van der Waals surface area contributed by atoms with Crippen LogP contribution in [0.2, 0.25) is 0 Å². The molecule has 0 N–H and O–H groups in total. The van der Waals surface area contributed by atoms with Crippen molar-refractivity contribution in [2.75, 3.05) is 13.2 Å². The molecule has 0 aliphatic carbocycles. The van der Waals surface area contributed by atoms with E-state index in [2.05, 4.69) is 62.3 Å². The van der Waals surface area contributed by atoms with Crippen LogP contribution in [-0.4, -0.2) is 47.2 Å². The largest absolute Gasteiger partial charge is 0.449 e. The SMILES string of the molecule is CCCCOC(=O)N1C(C)(C)CC2(CC1(C)C)OCC(C)(C)C(C(C)C)O2. The Kier molecular flexibility index (Phi) is 6.28. The van der Waals surface area contributed by atoms with Gasteiger partial charge in [-0.3, -0.25) is 4.90 Å². The van der Waals surface area contributed by atoms with Gasteiger partial charge in [-0.1, -0.05) is 41.0 Å². The zero-order valence-corrected chi connectivity index (χ0v) is 19.0. The molecule has 0 radical (unpaired) electrons. The fraction of sp³-hybridized carbons (Fsp3) is 0.955. The number of hydrogen-bond donors (Lipinski definition) is 0. The van der Waals surface area contributed by atoms with Crippen LogP contribution < -0.4 is 0 Å². The van der Waals surface area contributed by atoms with Crippen LogP contribution in [0.1, 0.15) is 88.0 Å². The van der Waals surface area contributed by atoms with Crippen LogP contribution in [0.4, 0.5) is 4.79 Å². The number of hydrogen-bond acceptors (Lipinski definition) is 4. The van der Waals surface area contributed by atoms with Crippen LogP contribution in [0, 0.1) is 11.3 Å². The summed E-state index contributed by atoms with van der Waals surface area (Å²) in [5.41, 5.74) is -0.869. The van der Waals surface area contributed by atoms with Gasteiger partial charge in [0.1, 0.15) is 0 Å². The third-order valence-electron chi connectivity index (χ3n) is 5.95. The van der Waals surface area contributed by atoms with E-state index in [1.807, 2.05) is 4.90 Å². The van der Waals surface area contributed by atoms with E-state index in [1.54, 1.807) is 0 Å². The number of rotatable bonds is 4. The normalized spacial score (nSPS) is 28.4. The monoisotopic (exact) mass is 383 g/mol. The summed E-state index contributed by atoms with van der Waals surface area (Å²) in [5.74, 6) is -0.249. The average molecular weight is 384 g/mol. The van der Waals surface area contributed by atoms with Crippen LogP contribution in [0.3, 0.4) is 0 Å². The molecule has 0 bridgehead atoms. The summed E-state index contributed by atoms with van der Waals surface area (Å²) in [6.45, 7) is 20.4. The summed E-state index contributed by atoms with van der Waals surface area (Å²) in [6.07, 6.45) is 3.08. The van der Waals surface area contributed by atoms with Crippen molar-refractivity contribution in [3.05, 3.63) is 0 Å². The van der Waals surface area contributed by atoms with Crippen LogP contribution >= 0.6 is 0 Å². The van der Waals surface area contributed by atoms with Gasteiger partial charge in [0, 0.05) is 29.3 Å². The molecule has 2 aliphatic heterocycles. The van der Waals surface area contributed by atoms with Crippen molar-refractivity contribution in [3.63, 3.8) is 0 Å². The summed E-state index contributed by atoms with van der Waals surface area (Å²) in [4.78, 5) is 14.8. The molecule has 2 aliphatic rings. The Labute approximate surface area is 166 Å². The molecule has 2 heterocycles. The van der Waals surface area contributed by atoms with Crippen LogP contribution in [-0.2, 0) is 14.2 Å². The fourth-order valence-corrected chi connectivity index (χ4v) is 5.27. The second-order valence-corrected chi connectivity index (χ2v) is 10.8. The van der Waals surface area contributed by atoms with E-state index in [0.29, 0.717) is 32.0 Å². The highest BCUT2D eigenvalue weighted by Crippen LogP contribution is 2.51. The summed E-state index contributed by atoms with van der Waals surface area (Å²) in [6, 6.07) is 0. The number of unbranched alkanes of at least 4 members (excludes halogenated alkanes) is 1. The lowest BCUT2D eigenvalue weighted by Gasteiger charge is -2.61. The van der Waals surface area contributed by atoms with Crippen molar-refractivity contribution >= 4 is 6.09 Å². The number of ether oxygens (including phenoxy) is 3. The Balaban J connectivity index is 2.25. The van der Waals surface area contributed by atoms with E-state index in [4.69, 9.17) is 14.2 Å². The van der Waals surface area contributed by atoms with Gasteiger partial charge in [-0.2, -0.15) is 0 Å². The predicted octanol–water partition coefficient (Wildman–Crippen LogP) is 5.37. The van der Waals surface area contributed by atoms with Crippen molar-refractivity contribution in [1.29, 1.82) is 0 Å². The lowest BCUT2D eigenvalue weighted by atomic mass is 9.73. The van der Waals surface area contributed by atoms with E-state index in [0.717, 1.165) is 12.8 Å². The summed E-state index contributed by atoms with van der Waals surface area (Å²) in [5, 5.41) is 0. The molecule has 5 heteroatoms. The molecular weight excluding hydrogens is 342 g/mol. The smallest absolute Gasteiger partial charge is 0.410 e. The number of carbonyl (C=O) groups is 1. The molecule has 158 valence electrons. The number of amides is 1. The number of carbonyl (C=O) groups excluding carboxylic acids is 1. The van der Waals surface area contributed by atoms with Gasteiger partial charge in [0.15, 0.2) is 5.79 Å². The standard InChI is InChI=1S/C22H41NO4/c1-10-11-12-25-18(24)23-20(6,7)13-22(14-21(23,8)9)26-15-19(4,5)17(27-22)16(2)3/h16-17H,10-15H2,1-9H3. The van der Waals surface area contributed by atoms with Crippen molar-refractivity contribution in [2.24, 2.45) is 11.3 Å². The van der Waals surface area contributed by atoms with E-state index < -0.39 is 16.9 Å². The molecule has 0 saturated carbocycles. The van der Waals surface area contributed by atoms with Gasteiger partial charge >= 0.3 is 6.09 Å². The van der Waals surface area contributed by atoms with E-state index in [1.165, 1.54) is 0 Å². The van der Waals surface area contributed by atoms with Crippen molar-refractivity contribution in [3.8, 4) is 0 Å². The molecule has 1 amide bonds. The van der Waals surface area contributed by atoms with Gasteiger partial charge in [0.05, 0.1) is 19.3 Å². The quantitative estimate of drug-likeness (QED) is 0.612. The van der Waals surface area contributed by atoms with Gasteiger partial charge in [-0.15, -0.1) is 0 Å². The van der Waals surface area contributed by atoms with Gasteiger partial charge < -0.3 is 14.2 Å². The zero-order chi connectivity index (χ0) is 20.7. The zero-order valence-electron chi connectivity index (χ0n) is 19.0. The Morgan fingerprint density at radius 2 is 1.67 bits per heavy atom. The summed E-state index contributed by atoms with van der Waals surface area (Å²) >= 11 is 0. The van der Waals surface area contributed by atoms with Crippen molar-refractivity contribution in [1.82, 2.24) is 4.90 Å². The molecule has 1 unspecified atom stereocenters. The van der Waals surface area contributed by atoms with Gasteiger partial charge in [0.25, 0.3) is 0 Å². The first-order valence-electron chi connectivity index (χ1n) is 10.6. The molecule has 2 saturated heterocycles. The van der Waals surface area contributed by atoms with Crippen molar-refractivity contribution in [2.45, 2.75) is 111 Å². The number of nitrogens with zero attached hydrogens (tertiary/aromatic N) is 1. The van der Waals surface area contributed by atoms with Gasteiger partial charge in [0.2, 0.25) is 0 Å². The summed E-state index contributed by atoms with van der Waals surface area (Å²) in [7, 11) is 0. The Morgan fingerprint density at radius 1 is 1.11 bits per heavy atom. The second-order valence-electron chi connectivity index (χ2n) is 10.8. The lowest BCUT2D eigenvalue weighted by Crippen LogP contribution is -2.70. The minimum Gasteiger partial charge on any atom is -0.449 e. The van der Waals surface area contributed by atoms with E-state index >= 15 is 0 Å². The van der Waals surface area contributed by atoms with Crippen molar-refractivity contribution < 1.29 is 19.0 Å². The van der Waals surface area contributed by atoms with Crippen LogP contribution in [0.15, 0.2) is 0 Å². The molecule has 1 spiro atoms. The first kappa shape index (κ1) is 22.5. The summed E-state index contributed by atoms with van der Waals surface area (Å²) < 4.78 is 18.7. The molecular formula is C22H41NO4.